The quantitative estimate of drug-likeness (QED) is 0.542. The van der Waals surface area contributed by atoms with Crippen LogP contribution in [0.3, 0.4) is 0 Å². The molecule has 0 aliphatic rings. The second kappa shape index (κ2) is 6.41. The summed E-state index contributed by atoms with van der Waals surface area (Å²) in [4.78, 5) is 26.8. The minimum atomic E-state index is -0.464. The Kier molecular flexibility index (Phi) is 4.15. The third kappa shape index (κ3) is 3.19. The molecule has 0 amide bonds. The number of nitrogens with zero attached hydrogens (tertiary/aromatic N) is 2. The maximum Gasteiger partial charge on any atom is 0.338 e. The van der Waals surface area contributed by atoms with E-state index < -0.39 is 11.9 Å². The summed E-state index contributed by atoms with van der Waals surface area (Å²) in [7, 11) is 1.32. The van der Waals surface area contributed by atoms with Crippen molar-refractivity contribution >= 4 is 17.5 Å². The Morgan fingerprint density at radius 1 is 1.08 bits per heavy atom. The Balaban J connectivity index is 1.92. The summed E-state index contributed by atoms with van der Waals surface area (Å²) in [6, 6.07) is 9.78. The molecule has 7 nitrogen and oxygen atoms in total. The maximum atomic E-state index is 11.8. The smallest absolute Gasteiger partial charge is 0.338 e. The number of esters is 2. The Morgan fingerprint density at radius 3 is 2.46 bits per heavy atom. The lowest BCUT2D eigenvalue weighted by molar-refractivity contribution is -0.131. The standard InChI is InChI=1S/C17H14N2O5/c1-11(20)23-14-3-5-15(6-4-14)24-16-8-12(17(21)22-2)7-13-9-18-10-19(13)16/h3-10H,1-2H3. The van der Waals surface area contributed by atoms with E-state index in [0.717, 1.165) is 0 Å². The first kappa shape index (κ1) is 15.5. The summed E-state index contributed by atoms with van der Waals surface area (Å²) in [5.74, 6) is 0.489. The van der Waals surface area contributed by atoms with Crippen LogP contribution in [0.25, 0.3) is 5.52 Å². The van der Waals surface area contributed by atoms with Crippen LogP contribution in [0, 0.1) is 0 Å². The van der Waals surface area contributed by atoms with Gasteiger partial charge >= 0.3 is 11.9 Å². The van der Waals surface area contributed by atoms with Crippen LogP contribution in [0.5, 0.6) is 17.4 Å². The summed E-state index contributed by atoms with van der Waals surface area (Å²) in [6.45, 7) is 1.33. The molecule has 3 rings (SSSR count). The van der Waals surface area contributed by atoms with Gasteiger partial charge in [0.2, 0.25) is 5.88 Å². The van der Waals surface area contributed by atoms with Crippen molar-refractivity contribution in [3.05, 3.63) is 54.5 Å². The van der Waals surface area contributed by atoms with Gasteiger partial charge in [-0.15, -0.1) is 0 Å². The molecule has 3 aromatic rings. The Morgan fingerprint density at radius 2 is 1.79 bits per heavy atom. The number of rotatable bonds is 4. The first-order valence-electron chi connectivity index (χ1n) is 7.07. The largest absolute Gasteiger partial charge is 0.465 e. The normalized spacial score (nSPS) is 10.4. The van der Waals surface area contributed by atoms with Gasteiger partial charge in [-0.25, -0.2) is 9.78 Å². The van der Waals surface area contributed by atoms with Gasteiger partial charge in [-0.05, 0) is 30.3 Å². The van der Waals surface area contributed by atoms with Crippen LogP contribution < -0.4 is 9.47 Å². The zero-order valence-corrected chi connectivity index (χ0v) is 13.1. The first-order chi connectivity index (χ1) is 11.6. The van der Waals surface area contributed by atoms with E-state index in [1.165, 1.54) is 14.0 Å². The van der Waals surface area contributed by atoms with Crippen molar-refractivity contribution in [3.63, 3.8) is 0 Å². The van der Waals surface area contributed by atoms with Crippen molar-refractivity contribution in [2.24, 2.45) is 0 Å². The average Bonchev–Trinajstić information content (AvgIpc) is 3.04. The van der Waals surface area contributed by atoms with Gasteiger partial charge in [-0.1, -0.05) is 0 Å². The molecule has 0 N–H and O–H groups in total. The average molecular weight is 326 g/mol. The molecule has 7 heteroatoms. The number of hydrogen-bond donors (Lipinski definition) is 0. The number of aromatic nitrogens is 2. The van der Waals surface area contributed by atoms with Gasteiger partial charge in [0.25, 0.3) is 0 Å². The fraction of sp³-hybridized carbons (Fsp3) is 0.118. The van der Waals surface area contributed by atoms with E-state index >= 15 is 0 Å². The van der Waals surface area contributed by atoms with Crippen LogP contribution in [0.2, 0.25) is 0 Å². The Labute approximate surface area is 137 Å². The van der Waals surface area contributed by atoms with Crippen molar-refractivity contribution < 1.29 is 23.8 Å². The van der Waals surface area contributed by atoms with Crippen LogP contribution in [0.15, 0.2) is 48.9 Å². The number of benzene rings is 1. The molecule has 0 spiro atoms. The van der Waals surface area contributed by atoms with E-state index in [2.05, 4.69) is 4.98 Å². The van der Waals surface area contributed by atoms with E-state index in [4.69, 9.17) is 14.2 Å². The van der Waals surface area contributed by atoms with Gasteiger partial charge in [0, 0.05) is 13.0 Å². The number of fused-ring (bicyclic) bond motifs is 1. The van der Waals surface area contributed by atoms with Crippen LogP contribution in [0.4, 0.5) is 0 Å². The zero-order valence-electron chi connectivity index (χ0n) is 13.1. The van der Waals surface area contributed by atoms with Crippen molar-refractivity contribution in [2.45, 2.75) is 6.92 Å². The predicted octanol–water partition coefficient (Wildman–Crippen LogP) is 2.84. The molecule has 0 bridgehead atoms. The topological polar surface area (TPSA) is 79.1 Å². The minimum absolute atomic E-state index is 0.358. The molecule has 0 aliphatic carbocycles. The number of ether oxygens (including phenoxy) is 3. The fourth-order valence-electron chi connectivity index (χ4n) is 2.18. The molecule has 2 heterocycles. The van der Waals surface area contributed by atoms with Gasteiger partial charge in [0.1, 0.15) is 17.8 Å². The molecule has 24 heavy (non-hydrogen) atoms. The third-order valence-corrected chi connectivity index (χ3v) is 3.22. The van der Waals surface area contributed by atoms with Gasteiger partial charge in [0.15, 0.2) is 0 Å². The maximum absolute atomic E-state index is 11.8. The molecular formula is C17H14N2O5. The van der Waals surface area contributed by atoms with E-state index in [1.807, 2.05) is 0 Å². The monoisotopic (exact) mass is 326 g/mol. The number of methoxy groups -OCH3 is 1. The second-order valence-electron chi connectivity index (χ2n) is 4.93. The molecule has 122 valence electrons. The van der Waals surface area contributed by atoms with Crippen LogP contribution in [-0.4, -0.2) is 28.4 Å². The SMILES string of the molecule is COC(=O)c1cc(Oc2ccc(OC(C)=O)cc2)n2cncc2c1. The van der Waals surface area contributed by atoms with E-state index in [9.17, 15) is 9.59 Å². The van der Waals surface area contributed by atoms with Gasteiger partial charge < -0.3 is 14.2 Å². The Hall–Kier alpha value is -3.35. The third-order valence-electron chi connectivity index (χ3n) is 3.22. The fourth-order valence-corrected chi connectivity index (χ4v) is 2.18. The molecule has 1 aromatic carbocycles. The first-order valence-corrected chi connectivity index (χ1v) is 7.07. The van der Waals surface area contributed by atoms with Crippen LogP contribution in [0.1, 0.15) is 17.3 Å². The van der Waals surface area contributed by atoms with E-state index in [0.29, 0.717) is 28.5 Å². The van der Waals surface area contributed by atoms with Crippen LogP contribution in [-0.2, 0) is 9.53 Å². The molecule has 0 unspecified atom stereocenters. The highest BCUT2D eigenvalue weighted by atomic mass is 16.5. The molecule has 0 radical (unpaired) electrons. The van der Waals surface area contributed by atoms with E-state index in [1.54, 1.807) is 53.3 Å². The summed E-state index contributed by atoms with van der Waals surface area (Å²) >= 11 is 0. The lowest BCUT2D eigenvalue weighted by atomic mass is 10.2. The summed E-state index contributed by atoms with van der Waals surface area (Å²) in [6.07, 6.45) is 3.20. The summed E-state index contributed by atoms with van der Waals surface area (Å²) in [5.41, 5.74) is 1.06. The number of pyridine rings is 1. The molecule has 2 aromatic heterocycles. The van der Waals surface area contributed by atoms with Gasteiger partial charge in [-0.2, -0.15) is 0 Å². The lowest BCUT2D eigenvalue weighted by Gasteiger charge is -2.10. The summed E-state index contributed by atoms with van der Waals surface area (Å²) < 4.78 is 17.2. The van der Waals surface area contributed by atoms with Crippen molar-refractivity contribution in [3.8, 4) is 17.4 Å². The molecule has 0 fully saturated rings. The second-order valence-corrected chi connectivity index (χ2v) is 4.93. The summed E-state index contributed by atoms with van der Waals surface area (Å²) in [5, 5.41) is 0. The molecule has 0 saturated heterocycles. The van der Waals surface area contributed by atoms with Crippen molar-refractivity contribution in [2.75, 3.05) is 7.11 Å². The molecule has 0 atom stereocenters. The number of carbonyl (C=O) groups is 2. The number of imidazole rings is 1. The van der Waals surface area contributed by atoms with Crippen molar-refractivity contribution in [1.29, 1.82) is 0 Å². The molecular weight excluding hydrogens is 312 g/mol. The highest BCUT2D eigenvalue weighted by Crippen LogP contribution is 2.26. The highest BCUT2D eigenvalue weighted by molar-refractivity contribution is 5.91. The minimum Gasteiger partial charge on any atom is -0.465 e. The number of hydrogen-bond acceptors (Lipinski definition) is 6. The Bertz CT molecular complexity index is 899. The van der Waals surface area contributed by atoms with Gasteiger partial charge in [0.05, 0.1) is 24.4 Å². The van der Waals surface area contributed by atoms with Crippen molar-refractivity contribution in [1.82, 2.24) is 9.38 Å². The predicted molar refractivity (Wildman–Crippen MR) is 84.4 cm³/mol. The lowest BCUT2D eigenvalue weighted by Crippen LogP contribution is -2.04. The molecule has 0 saturated carbocycles. The molecule has 0 aliphatic heterocycles. The zero-order chi connectivity index (χ0) is 17.1. The number of carbonyl (C=O) groups excluding carboxylic acids is 2. The van der Waals surface area contributed by atoms with Gasteiger partial charge in [-0.3, -0.25) is 9.20 Å². The highest BCUT2D eigenvalue weighted by Gasteiger charge is 2.12. The van der Waals surface area contributed by atoms with Crippen LogP contribution >= 0.6 is 0 Å². The van der Waals surface area contributed by atoms with E-state index in [-0.39, 0.29) is 0 Å².